The minimum atomic E-state index is -0.107. The molecular formula is C23H24N2O5. The summed E-state index contributed by atoms with van der Waals surface area (Å²) in [5, 5.41) is 14.8. The lowest BCUT2D eigenvalue weighted by molar-refractivity contribution is -0.115. The van der Waals surface area contributed by atoms with E-state index in [1.54, 1.807) is 19.2 Å². The number of methoxy groups -OCH3 is 1. The highest BCUT2D eigenvalue weighted by Crippen LogP contribution is 2.28. The van der Waals surface area contributed by atoms with Crippen LogP contribution in [0.3, 0.4) is 0 Å². The number of carbonyl (C=O) groups is 2. The van der Waals surface area contributed by atoms with Crippen LogP contribution in [0.25, 0.3) is 0 Å². The van der Waals surface area contributed by atoms with E-state index >= 15 is 0 Å². The van der Waals surface area contributed by atoms with Crippen LogP contribution >= 0.6 is 0 Å². The number of aliphatic imine (C=N–C) groups is 1. The molecular weight excluding hydrogens is 384 g/mol. The molecule has 1 saturated carbocycles. The highest BCUT2D eigenvalue weighted by atomic mass is 16.5. The van der Waals surface area contributed by atoms with Crippen LogP contribution in [0.2, 0.25) is 0 Å². The zero-order chi connectivity index (χ0) is 21.1. The molecule has 4 rings (SSSR count). The van der Waals surface area contributed by atoms with E-state index in [1.165, 1.54) is 0 Å². The number of rotatable bonds is 5. The summed E-state index contributed by atoms with van der Waals surface area (Å²) in [5.74, 6) is 1.28. The number of allylic oxidation sites excluding steroid dienone is 2. The van der Waals surface area contributed by atoms with Crippen LogP contribution in [0.1, 0.15) is 60.3 Å². The number of hydrogen-bond donors (Lipinski definition) is 1. The van der Waals surface area contributed by atoms with E-state index in [9.17, 15) is 14.7 Å². The van der Waals surface area contributed by atoms with Crippen molar-refractivity contribution >= 4 is 23.0 Å². The summed E-state index contributed by atoms with van der Waals surface area (Å²) in [6.45, 7) is 0. The van der Waals surface area contributed by atoms with Gasteiger partial charge in [0.05, 0.1) is 35.3 Å². The van der Waals surface area contributed by atoms with Crippen LogP contribution in [0, 0.1) is 0 Å². The maximum Gasteiger partial charge on any atom is 0.168 e. The number of ketones is 2. The van der Waals surface area contributed by atoms with Crippen LogP contribution in [0.5, 0.6) is 5.75 Å². The van der Waals surface area contributed by atoms with Gasteiger partial charge in [0.2, 0.25) is 0 Å². The van der Waals surface area contributed by atoms with Gasteiger partial charge in [-0.3, -0.25) is 14.6 Å². The summed E-state index contributed by atoms with van der Waals surface area (Å²) >= 11 is 0. The number of hydrogen-bond acceptors (Lipinski definition) is 7. The molecule has 0 radical (unpaired) electrons. The molecule has 156 valence electrons. The normalized spacial score (nSPS) is 19.7. The van der Waals surface area contributed by atoms with Gasteiger partial charge in [-0.15, -0.1) is 0 Å². The predicted octanol–water partition coefficient (Wildman–Crippen LogP) is 4.47. The maximum atomic E-state index is 12.6. The molecule has 1 aromatic heterocycles. The molecule has 1 aromatic carbocycles. The number of aliphatic hydroxyl groups is 1. The van der Waals surface area contributed by atoms with Gasteiger partial charge in [-0.1, -0.05) is 5.16 Å². The third-order valence-electron chi connectivity index (χ3n) is 5.53. The van der Waals surface area contributed by atoms with E-state index in [4.69, 9.17) is 9.26 Å². The number of aromatic nitrogens is 1. The lowest BCUT2D eigenvalue weighted by atomic mass is 9.88. The lowest BCUT2D eigenvalue weighted by Crippen LogP contribution is -2.21. The first kappa shape index (κ1) is 20.1. The van der Waals surface area contributed by atoms with Crippen molar-refractivity contribution in [3.63, 3.8) is 0 Å². The molecule has 0 atom stereocenters. The highest BCUT2D eigenvalue weighted by Gasteiger charge is 2.28. The Morgan fingerprint density at radius 2 is 1.83 bits per heavy atom. The molecule has 7 nitrogen and oxygen atoms in total. The van der Waals surface area contributed by atoms with Gasteiger partial charge in [-0.05, 0) is 43.5 Å². The fourth-order valence-electron chi connectivity index (χ4n) is 4.00. The smallest absolute Gasteiger partial charge is 0.168 e. The second kappa shape index (κ2) is 8.65. The van der Waals surface area contributed by atoms with Crippen molar-refractivity contribution < 1.29 is 24.0 Å². The molecule has 1 N–H and O–H groups in total. The number of nitrogens with zero attached hydrogens (tertiary/aromatic N) is 2. The average Bonchev–Trinajstić information content (AvgIpc) is 3.17. The maximum absolute atomic E-state index is 12.6. The molecule has 2 aliphatic carbocycles. The van der Waals surface area contributed by atoms with Crippen LogP contribution in [-0.2, 0) is 17.6 Å². The van der Waals surface area contributed by atoms with Gasteiger partial charge in [0.1, 0.15) is 17.3 Å². The molecule has 0 amide bonds. The Morgan fingerprint density at radius 1 is 1.10 bits per heavy atom. The van der Waals surface area contributed by atoms with Crippen molar-refractivity contribution in [1.29, 1.82) is 0 Å². The Labute approximate surface area is 174 Å². The van der Waals surface area contributed by atoms with Gasteiger partial charge in [0.15, 0.2) is 11.6 Å². The fourth-order valence-corrected chi connectivity index (χ4v) is 4.00. The molecule has 0 bridgehead atoms. The van der Waals surface area contributed by atoms with E-state index in [0.29, 0.717) is 72.5 Å². The van der Waals surface area contributed by atoms with E-state index < -0.39 is 0 Å². The van der Waals surface area contributed by atoms with Crippen molar-refractivity contribution in [2.75, 3.05) is 7.11 Å². The van der Waals surface area contributed by atoms with Gasteiger partial charge in [0.25, 0.3) is 0 Å². The zero-order valence-corrected chi connectivity index (χ0v) is 16.9. The Kier molecular flexibility index (Phi) is 5.79. The number of Topliss-reactive ketones (excluding diaryl/α,β-unsaturated/α-hetero) is 2. The number of benzene rings is 1. The molecule has 2 aromatic rings. The van der Waals surface area contributed by atoms with Crippen LogP contribution in [0.15, 0.2) is 45.1 Å². The van der Waals surface area contributed by atoms with E-state index in [1.807, 2.05) is 12.1 Å². The Morgan fingerprint density at radius 3 is 2.60 bits per heavy atom. The molecule has 7 heteroatoms. The summed E-state index contributed by atoms with van der Waals surface area (Å²) < 4.78 is 10.5. The molecule has 2 aliphatic rings. The summed E-state index contributed by atoms with van der Waals surface area (Å²) in [7, 11) is 1.60. The number of carbonyl (C=O) groups excluding carboxylic acids is 2. The van der Waals surface area contributed by atoms with Crippen molar-refractivity contribution in [2.45, 2.75) is 51.4 Å². The summed E-state index contributed by atoms with van der Waals surface area (Å²) in [6, 6.07) is 7.23. The van der Waals surface area contributed by atoms with Crippen molar-refractivity contribution in [1.82, 2.24) is 5.16 Å². The summed E-state index contributed by atoms with van der Waals surface area (Å²) in [5.41, 5.74) is 2.69. The van der Waals surface area contributed by atoms with Crippen LogP contribution in [-0.4, -0.2) is 34.7 Å². The second-order valence-electron chi connectivity index (χ2n) is 7.56. The van der Waals surface area contributed by atoms with Crippen LogP contribution < -0.4 is 4.74 Å². The van der Waals surface area contributed by atoms with Crippen molar-refractivity contribution in [3.8, 4) is 5.75 Å². The van der Waals surface area contributed by atoms with E-state index in [2.05, 4.69) is 10.1 Å². The third kappa shape index (κ3) is 4.06. The second-order valence-corrected chi connectivity index (χ2v) is 7.56. The first-order valence-corrected chi connectivity index (χ1v) is 10.2. The highest BCUT2D eigenvalue weighted by molar-refractivity contribution is 6.24. The van der Waals surface area contributed by atoms with Gasteiger partial charge in [-0.25, -0.2) is 0 Å². The van der Waals surface area contributed by atoms with Crippen LogP contribution in [0.4, 0.5) is 5.69 Å². The standard InChI is InChI=1S/C23H24N2O5/c1-29-15-10-8-14(9-11-15)24-16-4-2-5-18(26)22(16)20(28)13-12-17-23-19(27)6-3-7-21(23)30-25-17/h8-11,28H,2-7,12-13H2,1H3/b22-20+,24-16?. The molecule has 30 heavy (non-hydrogen) atoms. The van der Waals surface area contributed by atoms with Gasteiger partial charge < -0.3 is 14.4 Å². The lowest BCUT2D eigenvalue weighted by Gasteiger charge is -2.18. The predicted molar refractivity (Wildman–Crippen MR) is 111 cm³/mol. The third-order valence-corrected chi connectivity index (χ3v) is 5.53. The molecule has 1 heterocycles. The van der Waals surface area contributed by atoms with Crippen molar-refractivity contribution in [2.24, 2.45) is 4.99 Å². The Bertz CT molecular complexity index is 1030. The minimum absolute atomic E-state index is 0.00744. The number of ether oxygens (including phenoxy) is 1. The molecule has 0 saturated heterocycles. The van der Waals surface area contributed by atoms with Gasteiger partial charge in [-0.2, -0.15) is 0 Å². The summed E-state index contributed by atoms with van der Waals surface area (Å²) in [4.78, 5) is 29.4. The SMILES string of the molecule is COc1ccc(N=C2CCCC(=O)/C2=C(/O)CCc2noc3c2C(=O)CCC3)cc1. The largest absolute Gasteiger partial charge is 0.511 e. The van der Waals surface area contributed by atoms with Gasteiger partial charge in [0, 0.05) is 32.1 Å². The molecule has 1 fully saturated rings. The topological polar surface area (TPSA) is 102 Å². The monoisotopic (exact) mass is 408 g/mol. The van der Waals surface area contributed by atoms with E-state index in [-0.39, 0.29) is 23.7 Å². The summed E-state index contributed by atoms with van der Waals surface area (Å²) in [6.07, 6.45) is 4.22. The minimum Gasteiger partial charge on any atom is -0.511 e. The van der Waals surface area contributed by atoms with E-state index in [0.717, 1.165) is 12.2 Å². The number of aliphatic hydroxyl groups excluding tert-OH is 1. The molecule has 0 aliphatic heterocycles. The molecule has 0 spiro atoms. The number of aryl methyl sites for hydroxylation is 2. The van der Waals surface area contributed by atoms with Crippen molar-refractivity contribution in [3.05, 3.63) is 52.6 Å². The fraction of sp³-hybridized carbons (Fsp3) is 0.391. The first-order chi connectivity index (χ1) is 14.6. The Hall–Kier alpha value is -3.22. The Balaban J connectivity index is 1.58. The van der Waals surface area contributed by atoms with Gasteiger partial charge >= 0.3 is 0 Å². The zero-order valence-electron chi connectivity index (χ0n) is 16.9. The quantitative estimate of drug-likeness (QED) is 0.578. The number of fused-ring (bicyclic) bond motifs is 1. The average molecular weight is 408 g/mol. The molecule has 0 unspecified atom stereocenters. The first-order valence-electron chi connectivity index (χ1n) is 10.2.